The summed E-state index contributed by atoms with van der Waals surface area (Å²) in [6.45, 7) is 0. The van der Waals surface area contributed by atoms with Gasteiger partial charge in [-0.1, -0.05) is 146 Å². The number of furan rings is 1. The normalized spacial score (nSPS) is 11.7. The molecule has 49 heavy (non-hydrogen) atoms. The van der Waals surface area contributed by atoms with Gasteiger partial charge in [-0.05, 0) is 56.3 Å². The van der Waals surface area contributed by atoms with Crippen LogP contribution in [0.2, 0.25) is 0 Å². The minimum absolute atomic E-state index is 0.618. The third-order valence-electron chi connectivity index (χ3n) is 9.52. The summed E-state index contributed by atoms with van der Waals surface area (Å²) in [6.07, 6.45) is 0. The van der Waals surface area contributed by atoms with Gasteiger partial charge in [-0.15, -0.1) is 0 Å². The van der Waals surface area contributed by atoms with Crippen LogP contribution in [0.15, 0.2) is 168 Å². The monoisotopic (exact) mass is 625 g/mol. The van der Waals surface area contributed by atoms with E-state index in [9.17, 15) is 0 Å². The summed E-state index contributed by atoms with van der Waals surface area (Å²) in [7, 11) is 0. The van der Waals surface area contributed by atoms with Gasteiger partial charge in [0.25, 0.3) is 0 Å². The lowest BCUT2D eigenvalue weighted by Crippen LogP contribution is -2.01. The van der Waals surface area contributed by atoms with Crippen LogP contribution in [0, 0.1) is 0 Å². The lowest BCUT2D eigenvalue weighted by atomic mass is 9.98. The molecule has 8 aromatic carbocycles. The first-order chi connectivity index (χ1) is 24.3. The standard InChI is InChI=1S/C45H27N3O/c1-2-12-28(13-3-1)31-24-25-41-38(26-31)39-27-40(34-20-8-9-21-35(34)42(39)49-41)45-47-43(36-22-10-16-29-14-4-6-18-32(29)36)46-44(48-45)37-23-11-17-30-15-5-7-19-33(30)37/h1-27H. The fourth-order valence-electron chi connectivity index (χ4n) is 7.17. The Hall–Kier alpha value is -6.65. The SMILES string of the molecule is c1ccc(-c2ccc3oc4c5ccccc5c(-c5nc(-c6cccc7ccccc67)nc(-c6cccc7ccccc67)n5)cc4c3c2)cc1. The molecule has 10 rings (SSSR count). The van der Waals surface area contributed by atoms with Gasteiger partial charge in [-0.25, -0.2) is 15.0 Å². The second kappa shape index (κ2) is 11.0. The van der Waals surface area contributed by atoms with Crippen LogP contribution in [0.1, 0.15) is 0 Å². The van der Waals surface area contributed by atoms with Crippen molar-refractivity contribution in [1.82, 2.24) is 15.0 Å². The predicted octanol–water partition coefficient (Wildman–Crippen LogP) is 11.9. The number of rotatable bonds is 4. The molecule has 10 aromatic rings. The zero-order valence-electron chi connectivity index (χ0n) is 26.3. The highest BCUT2D eigenvalue weighted by Gasteiger charge is 2.20. The van der Waals surface area contributed by atoms with E-state index in [0.29, 0.717) is 17.5 Å². The highest BCUT2D eigenvalue weighted by molar-refractivity contribution is 6.19. The van der Waals surface area contributed by atoms with Gasteiger partial charge in [0.15, 0.2) is 17.5 Å². The highest BCUT2D eigenvalue weighted by atomic mass is 16.3. The quantitative estimate of drug-likeness (QED) is 0.195. The Morgan fingerprint density at radius 3 is 1.51 bits per heavy atom. The van der Waals surface area contributed by atoms with Crippen LogP contribution in [-0.4, -0.2) is 15.0 Å². The lowest BCUT2D eigenvalue weighted by Gasteiger charge is -2.13. The molecule has 4 heteroatoms. The molecule has 0 atom stereocenters. The van der Waals surface area contributed by atoms with Gasteiger partial charge in [-0.2, -0.15) is 0 Å². The van der Waals surface area contributed by atoms with E-state index in [1.165, 1.54) is 0 Å². The van der Waals surface area contributed by atoms with Gasteiger partial charge in [0.05, 0.1) is 0 Å². The van der Waals surface area contributed by atoms with Crippen molar-refractivity contribution in [2.24, 2.45) is 0 Å². The van der Waals surface area contributed by atoms with E-state index in [2.05, 4.69) is 158 Å². The molecule has 0 radical (unpaired) electrons. The van der Waals surface area contributed by atoms with Crippen LogP contribution in [0.4, 0.5) is 0 Å². The zero-order valence-corrected chi connectivity index (χ0v) is 26.3. The smallest absolute Gasteiger partial charge is 0.164 e. The molecule has 0 aliphatic heterocycles. The van der Waals surface area contributed by atoms with Crippen LogP contribution in [0.5, 0.6) is 0 Å². The van der Waals surface area contributed by atoms with Gasteiger partial charge in [-0.3, -0.25) is 0 Å². The van der Waals surface area contributed by atoms with E-state index in [-0.39, 0.29) is 0 Å². The minimum Gasteiger partial charge on any atom is -0.455 e. The van der Waals surface area contributed by atoms with E-state index in [1.54, 1.807) is 0 Å². The van der Waals surface area contributed by atoms with E-state index in [0.717, 1.165) is 82.1 Å². The molecule has 0 amide bonds. The Morgan fingerprint density at radius 2 is 0.857 bits per heavy atom. The number of benzene rings is 8. The highest BCUT2D eigenvalue weighted by Crippen LogP contribution is 2.41. The van der Waals surface area contributed by atoms with E-state index < -0.39 is 0 Å². The molecule has 0 saturated carbocycles. The Bertz CT molecular complexity index is 2780. The van der Waals surface area contributed by atoms with Crippen molar-refractivity contribution in [1.29, 1.82) is 0 Å². The van der Waals surface area contributed by atoms with Gasteiger partial charge in [0, 0.05) is 32.8 Å². The van der Waals surface area contributed by atoms with Crippen LogP contribution in [-0.2, 0) is 0 Å². The average Bonchev–Trinajstić information content (AvgIpc) is 3.55. The molecule has 0 aliphatic carbocycles. The van der Waals surface area contributed by atoms with Crippen LogP contribution in [0.25, 0.3) is 99.5 Å². The fraction of sp³-hybridized carbons (Fsp3) is 0. The molecule has 0 aliphatic rings. The van der Waals surface area contributed by atoms with Crippen molar-refractivity contribution in [3.05, 3.63) is 164 Å². The number of aromatic nitrogens is 3. The Kier molecular flexibility index (Phi) is 6.15. The third-order valence-corrected chi connectivity index (χ3v) is 9.52. The first-order valence-corrected chi connectivity index (χ1v) is 16.4. The second-order valence-corrected chi connectivity index (χ2v) is 12.4. The largest absolute Gasteiger partial charge is 0.455 e. The van der Waals surface area contributed by atoms with Crippen molar-refractivity contribution >= 4 is 54.3 Å². The summed E-state index contributed by atoms with van der Waals surface area (Å²) in [5.41, 5.74) is 6.88. The minimum atomic E-state index is 0.618. The van der Waals surface area contributed by atoms with Gasteiger partial charge in [0.2, 0.25) is 0 Å². The maximum Gasteiger partial charge on any atom is 0.164 e. The molecular formula is C45H27N3O. The number of hydrogen-bond acceptors (Lipinski definition) is 4. The predicted molar refractivity (Wildman–Crippen MR) is 201 cm³/mol. The zero-order chi connectivity index (χ0) is 32.3. The lowest BCUT2D eigenvalue weighted by molar-refractivity contribution is 0.673. The molecule has 0 saturated heterocycles. The molecule has 0 spiro atoms. The van der Waals surface area contributed by atoms with E-state index >= 15 is 0 Å². The van der Waals surface area contributed by atoms with Crippen LogP contribution < -0.4 is 0 Å². The van der Waals surface area contributed by atoms with Gasteiger partial charge in [0.1, 0.15) is 11.2 Å². The van der Waals surface area contributed by atoms with Crippen molar-refractivity contribution in [3.63, 3.8) is 0 Å². The molecule has 228 valence electrons. The van der Waals surface area contributed by atoms with Gasteiger partial charge < -0.3 is 4.42 Å². The molecule has 2 aromatic heterocycles. The Morgan fingerprint density at radius 1 is 0.327 bits per heavy atom. The summed E-state index contributed by atoms with van der Waals surface area (Å²) in [5.74, 6) is 1.89. The summed E-state index contributed by atoms with van der Waals surface area (Å²) in [5, 5.41) is 8.60. The number of fused-ring (bicyclic) bond motifs is 7. The maximum atomic E-state index is 6.58. The molecule has 0 fully saturated rings. The Labute approximate surface area is 282 Å². The summed E-state index contributed by atoms with van der Waals surface area (Å²) in [6, 6.07) is 56.8. The Balaban J connectivity index is 1.29. The first kappa shape index (κ1) is 27.5. The maximum absolute atomic E-state index is 6.58. The number of hydrogen-bond donors (Lipinski definition) is 0. The summed E-state index contributed by atoms with van der Waals surface area (Å²) in [4.78, 5) is 15.7. The van der Waals surface area contributed by atoms with E-state index in [1.807, 2.05) is 6.07 Å². The van der Waals surface area contributed by atoms with Crippen LogP contribution in [0.3, 0.4) is 0 Å². The third kappa shape index (κ3) is 4.49. The summed E-state index contributed by atoms with van der Waals surface area (Å²) >= 11 is 0. The molecular weight excluding hydrogens is 599 g/mol. The molecule has 4 nitrogen and oxygen atoms in total. The fourth-order valence-corrected chi connectivity index (χ4v) is 7.17. The van der Waals surface area contributed by atoms with Crippen molar-refractivity contribution in [2.45, 2.75) is 0 Å². The second-order valence-electron chi connectivity index (χ2n) is 12.4. The average molecular weight is 626 g/mol. The van der Waals surface area contributed by atoms with Crippen molar-refractivity contribution < 1.29 is 4.42 Å². The number of nitrogens with zero attached hydrogens (tertiary/aromatic N) is 3. The van der Waals surface area contributed by atoms with Crippen molar-refractivity contribution in [2.75, 3.05) is 0 Å². The van der Waals surface area contributed by atoms with Crippen molar-refractivity contribution in [3.8, 4) is 45.3 Å². The first-order valence-electron chi connectivity index (χ1n) is 16.4. The molecule has 0 N–H and O–H groups in total. The van der Waals surface area contributed by atoms with E-state index in [4.69, 9.17) is 19.4 Å². The molecule has 0 bridgehead atoms. The topological polar surface area (TPSA) is 51.8 Å². The van der Waals surface area contributed by atoms with Gasteiger partial charge >= 0.3 is 0 Å². The van der Waals surface area contributed by atoms with Crippen LogP contribution >= 0.6 is 0 Å². The molecule has 0 unspecified atom stereocenters. The molecule has 2 heterocycles. The summed E-state index contributed by atoms with van der Waals surface area (Å²) < 4.78 is 6.58.